The molecule has 166 valence electrons. The number of sulfone groups is 1. The monoisotopic (exact) mass is 459 g/mol. The number of aryl methyl sites for hydroxylation is 2. The number of benzene rings is 1. The predicted octanol–water partition coefficient (Wildman–Crippen LogP) is 2.74. The number of carbonyl (C=O) groups is 1. The van der Waals surface area contributed by atoms with Gasteiger partial charge in [-0.1, -0.05) is 25.4 Å². The van der Waals surface area contributed by atoms with Gasteiger partial charge in [0.05, 0.1) is 10.9 Å². The Morgan fingerprint density at radius 1 is 1.40 bits per heavy atom. The molecule has 2 N–H and O–H groups in total. The molecule has 0 aliphatic carbocycles. The van der Waals surface area contributed by atoms with Crippen LogP contribution in [0.3, 0.4) is 0 Å². The van der Waals surface area contributed by atoms with Crippen molar-refractivity contribution >= 4 is 33.4 Å². The van der Waals surface area contributed by atoms with Gasteiger partial charge in [-0.05, 0) is 50.1 Å². The zero-order valence-corrected chi connectivity index (χ0v) is 18.9. The highest BCUT2D eigenvalue weighted by Crippen LogP contribution is 2.34. The van der Waals surface area contributed by atoms with Crippen LogP contribution in [-0.2, 0) is 19.4 Å². The SMILES string of the molecule is Cc1cc(S(=O)(=O)CC2=NC(OC(=O)O)ON2C2CCNCC2(C)C)c(C)cc1Cl. The summed E-state index contributed by atoms with van der Waals surface area (Å²) in [7, 11) is -3.80. The lowest BCUT2D eigenvalue weighted by atomic mass is 9.80. The normalized spacial score (nSPS) is 23.9. The molecule has 0 aromatic heterocycles. The summed E-state index contributed by atoms with van der Waals surface area (Å²) in [6, 6.07) is 2.94. The van der Waals surface area contributed by atoms with Gasteiger partial charge in [0.1, 0.15) is 11.6 Å². The summed E-state index contributed by atoms with van der Waals surface area (Å²) >= 11 is 6.11. The van der Waals surface area contributed by atoms with Crippen LogP contribution in [0.2, 0.25) is 5.02 Å². The van der Waals surface area contributed by atoms with Gasteiger partial charge in [-0.3, -0.25) is 0 Å². The summed E-state index contributed by atoms with van der Waals surface area (Å²) in [5, 5.41) is 14.1. The number of halogens is 1. The molecule has 2 heterocycles. The molecule has 11 heteroatoms. The molecule has 3 rings (SSSR count). The van der Waals surface area contributed by atoms with Crippen LogP contribution in [0.4, 0.5) is 4.79 Å². The number of ether oxygens (including phenoxy) is 1. The van der Waals surface area contributed by atoms with E-state index in [2.05, 4.69) is 15.0 Å². The molecular weight excluding hydrogens is 434 g/mol. The van der Waals surface area contributed by atoms with E-state index in [0.29, 0.717) is 35.7 Å². The summed E-state index contributed by atoms with van der Waals surface area (Å²) < 4.78 is 31.1. The second kappa shape index (κ2) is 8.33. The average molecular weight is 460 g/mol. The number of hydroxylamine groups is 2. The minimum absolute atomic E-state index is 0.119. The molecule has 2 aliphatic rings. The third kappa shape index (κ3) is 4.72. The molecular formula is C19H26ClN3O6S. The molecule has 2 aliphatic heterocycles. The molecule has 1 saturated heterocycles. The van der Waals surface area contributed by atoms with E-state index in [-0.39, 0.29) is 22.2 Å². The Morgan fingerprint density at radius 3 is 2.73 bits per heavy atom. The second-order valence-electron chi connectivity index (χ2n) is 8.26. The number of carboxylic acid groups (broad SMARTS) is 1. The van der Waals surface area contributed by atoms with E-state index in [0.717, 1.165) is 0 Å². The minimum Gasteiger partial charge on any atom is -0.450 e. The fraction of sp³-hybridized carbons (Fsp3) is 0.579. The van der Waals surface area contributed by atoms with Gasteiger partial charge in [0.2, 0.25) is 0 Å². The van der Waals surface area contributed by atoms with Crippen molar-refractivity contribution in [2.45, 2.75) is 51.5 Å². The lowest BCUT2D eigenvalue weighted by molar-refractivity contribution is -0.237. The molecule has 1 aromatic rings. The lowest BCUT2D eigenvalue weighted by Gasteiger charge is -2.43. The number of hydrogen-bond donors (Lipinski definition) is 2. The first-order chi connectivity index (χ1) is 13.9. The van der Waals surface area contributed by atoms with Gasteiger partial charge < -0.3 is 15.2 Å². The first-order valence-corrected chi connectivity index (χ1v) is 11.6. The van der Waals surface area contributed by atoms with E-state index in [1.165, 1.54) is 11.1 Å². The third-order valence-corrected chi connectivity index (χ3v) is 7.54. The molecule has 9 nitrogen and oxygen atoms in total. The van der Waals surface area contributed by atoms with Crippen molar-refractivity contribution in [2.24, 2.45) is 10.4 Å². The Bertz CT molecular complexity index is 979. The fourth-order valence-electron chi connectivity index (χ4n) is 3.78. The van der Waals surface area contributed by atoms with Gasteiger partial charge in [0, 0.05) is 17.0 Å². The molecule has 1 aromatic carbocycles. The molecule has 0 saturated carbocycles. The maximum Gasteiger partial charge on any atom is 0.509 e. The van der Waals surface area contributed by atoms with Crippen LogP contribution in [0.1, 0.15) is 31.4 Å². The number of nitrogens with zero attached hydrogens (tertiary/aromatic N) is 2. The van der Waals surface area contributed by atoms with Gasteiger partial charge in [-0.25, -0.2) is 23.1 Å². The Balaban J connectivity index is 1.95. The van der Waals surface area contributed by atoms with E-state index in [4.69, 9.17) is 21.5 Å². The largest absolute Gasteiger partial charge is 0.509 e. The van der Waals surface area contributed by atoms with Crippen LogP contribution >= 0.6 is 11.6 Å². The van der Waals surface area contributed by atoms with Crippen LogP contribution in [0.25, 0.3) is 0 Å². The van der Waals surface area contributed by atoms with Crippen LogP contribution in [-0.4, -0.2) is 61.9 Å². The smallest absolute Gasteiger partial charge is 0.450 e. The van der Waals surface area contributed by atoms with Crippen LogP contribution < -0.4 is 5.32 Å². The highest BCUT2D eigenvalue weighted by Gasteiger charge is 2.44. The van der Waals surface area contributed by atoms with Crippen molar-refractivity contribution in [3.63, 3.8) is 0 Å². The third-order valence-electron chi connectivity index (χ3n) is 5.38. The van der Waals surface area contributed by atoms with E-state index < -0.39 is 28.2 Å². The molecule has 2 atom stereocenters. The zero-order valence-electron chi connectivity index (χ0n) is 17.3. The molecule has 0 radical (unpaired) electrons. The van der Waals surface area contributed by atoms with Crippen molar-refractivity contribution in [1.29, 1.82) is 0 Å². The number of rotatable bonds is 5. The molecule has 0 spiro atoms. The average Bonchev–Trinajstić information content (AvgIpc) is 2.97. The molecule has 30 heavy (non-hydrogen) atoms. The summed E-state index contributed by atoms with van der Waals surface area (Å²) in [6.45, 7) is 8.87. The van der Waals surface area contributed by atoms with E-state index in [9.17, 15) is 13.2 Å². The van der Waals surface area contributed by atoms with Crippen molar-refractivity contribution in [1.82, 2.24) is 10.4 Å². The minimum atomic E-state index is -3.80. The molecule has 2 unspecified atom stereocenters. The van der Waals surface area contributed by atoms with Crippen molar-refractivity contribution in [3.8, 4) is 0 Å². The van der Waals surface area contributed by atoms with Crippen molar-refractivity contribution in [3.05, 3.63) is 28.3 Å². The Hall–Kier alpha value is -1.88. The van der Waals surface area contributed by atoms with Crippen molar-refractivity contribution in [2.75, 3.05) is 18.8 Å². The summed E-state index contributed by atoms with van der Waals surface area (Å²) in [6.07, 6.45) is -2.32. The number of aliphatic imine (C=N–C) groups is 1. The Labute approximate surface area is 180 Å². The van der Waals surface area contributed by atoms with Gasteiger partial charge in [0.15, 0.2) is 9.84 Å². The number of hydrogen-bond acceptors (Lipinski definition) is 8. The van der Waals surface area contributed by atoms with Gasteiger partial charge in [-0.15, -0.1) is 0 Å². The summed E-state index contributed by atoms with van der Waals surface area (Å²) in [5.74, 6) is -0.331. The standard InChI is InChI=1S/C19H26ClN3O6S/c1-11-8-14(12(2)7-13(11)20)30(26,27)9-16-22-17(28-18(24)25)29-23(16)15-5-6-21-10-19(15,3)4/h7-8,15,17,21H,5-6,9-10H2,1-4H3,(H,24,25). The molecule has 0 bridgehead atoms. The second-order valence-corrected chi connectivity index (χ2v) is 10.6. The van der Waals surface area contributed by atoms with Crippen LogP contribution in [0, 0.1) is 19.3 Å². The van der Waals surface area contributed by atoms with Crippen LogP contribution in [0.5, 0.6) is 0 Å². The maximum absolute atomic E-state index is 13.2. The van der Waals surface area contributed by atoms with Crippen molar-refractivity contribution < 1.29 is 27.9 Å². The maximum atomic E-state index is 13.2. The topological polar surface area (TPSA) is 118 Å². The number of nitrogens with one attached hydrogen (secondary N) is 1. The quantitative estimate of drug-likeness (QED) is 0.645. The van der Waals surface area contributed by atoms with E-state index >= 15 is 0 Å². The molecule has 1 fully saturated rings. The van der Waals surface area contributed by atoms with E-state index in [1.807, 2.05) is 13.8 Å². The fourth-order valence-corrected chi connectivity index (χ4v) is 5.60. The molecule has 0 amide bonds. The highest BCUT2D eigenvalue weighted by atomic mass is 35.5. The van der Waals surface area contributed by atoms with Gasteiger partial charge in [-0.2, -0.15) is 4.99 Å². The summed E-state index contributed by atoms with van der Waals surface area (Å²) in [5.41, 5.74) is 0.902. The lowest BCUT2D eigenvalue weighted by Crippen LogP contribution is -2.56. The summed E-state index contributed by atoms with van der Waals surface area (Å²) in [4.78, 5) is 20.9. The van der Waals surface area contributed by atoms with Crippen LogP contribution in [0.15, 0.2) is 22.0 Å². The van der Waals surface area contributed by atoms with E-state index in [1.54, 1.807) is 19.9 Å². The first kappa shape index (κ1) is 22.8. The highest BCUT2D eigenvalue weighted by molar-refractivity contribution is 7.92. The predicted molar refractivity (Wildman–Crippen MR) is 111 cm³/mol. The Morgan fingerprint density at radius 2 is 2.10 bits per heavy atom. The number of amidine groups is 1. The Kier molecular flexibility index (Phi) is 6.33. The number of piperidine rings is 1. The van der Waals surface area contributed by atoms with Gasteiger partial charge in [0.25, 0.3) is 0 Å². The zero-order chi connectivity index (χ0) is 22.3. The first-order valence-electron chi connectivity index (χ1n) is 9.53. The van der Waals surface area contributed by atoms with Gasteiger partial charge >= 0.3 is 12.6 Å².